The fourth-order valence-electron chi connectivity index (χ4n) is 3.72. The number of fused-ring (bicyclic) bond motifs is 1. The number of benzene rings is 1. The molecule has 3 atom stereocenters. The van der Waals surface area contributed by atoms with Gasteiger partial charge in [0, 0.05) is 12.1 Å². The van der Waals surface area contributed by atoms with Crippen molar-refractivity contribution in [3.63, 3.8) is 0 Å². The average Bonchev–Trinajstić information content (AvgIpc) is 2.99. The van der Waals surface area contributed by atoms with Gasteiger partial charge in [0.2, 0.25) is 5.91 Å². The van der Waals surface area contributed by atoms with E-state index in [1.165, 1.54) is 0 Å². The van der Waals surface area contributed by atoms with Gasteiger partial charge in [-0.3, -0.25) is 4.79 Å². The van der Waals surface area contributed by atoms with Crippen molar-refractivity contribution in [2.45, 2.75) is 56.9 Å². The van der Waals surface area contributed by atoms with Crippen molar-refractivity contribution in [3.05, 3.63) is 29.3 Å². The van der Waals surface area contributed by atoms with E-state index in [1.807, 2.05) is 32.0 Å². The number of hydrogen-bond donors (Lipinski definition) is 3. The Bertz CT molecular complexity index is 822. The molecule has 1 aromatic rings. The number of carbonyl (C=O) groups is 2. The third-order valence-electron chi connectivity index (χ3n) is 5.13. The van der Waals surface area contributed by atoms with Crippen molar-refractivity contribution in [2.75, 3.05) is 11.1 Å². The van der Waals surface area contributed by atoms with Crippen LogP contribution in [0.15, 0.2) is 18.2 Å². The van der Waals surface area contributed by atoms with Crippen LogP contribution in [0.5, 0.6) is 0 Å². The molecule has 0 saturated carbocycles. The summed E-state index contributed by atoms with van der Waals surface area (Å²) in [5.74, 6) is -0.0736. The fourth-order valence-corrected chi connectivity index (χ4v) is 5.99. The van der Waals surface area contributed by atoms with Crippen molar-refractivity contribution in [1.82, 2.24) is 10.6 Å². The standard InChI is InChI=1S/C18H25N3O4S/c1-11-7-8-12(2)13(9-11)19-16(22)6-4-3-5-15-17-14(10-26(15,24)25)20-18(23)21-17/h7-9,14-15,17H,3-6,10H2,1-2H3,(H,19,22)(H2,20,21,23)/t14-,15-,17-/m1/s1. The number of carbonyl (C=O) groups excluding carboxylic acids is 2. The molecule has 0 aromatic heterocycles. The summed E-state index contributed by atoms with van der Waals surface area (Å²) < 4.78 is 24.5. The molecule has 8 heteroatoms. The minimum atomic E-state index is -3.21. The van der Waals surface area contributed by atoms with Gasteiger partial charge in [-0.2, -0.15) is 0 Å². The number of rotatable bonds is 6. The number of nitrogens with one attached hydrogen (secondary N) is 3. The minimum Gasteiger partial charge on any atom is -0.332 e. The molecule has 2 saturated heterocycles. The maximum absolute atomic E-state index is 12.3. The van der Waals surface area contributed by atoms with Crippen LogP contribution in [0.3, 0.4) is 0 Å². The lowest BCUT2D eigenvalue weighted by Gasteiger charge is -2.16. The summed E-state index contributed by atoms with van der Waals surface area (Å²) in [6.07, 6.45) is 2.05. The second-order valence-corrected chi connectivity index (χ2v) is 9.49. The largest absolute Gasteiger partial charge is 0.332 e. The summed E-state index contributed by atoms with van der Waals surface area (Å²) >= 11 is 0. The Labute approximate surface area is 153 Å². The molecule has 0 spiro atoms. The summed E-state index contributed by atoms with van der Waals surface area (Å²) in [5.41, 5.74) is 2.91. The lowest BCUT2D eigenvalue weighted by Crippen LogP contribution is -2.39. The first-order valence-electron chi connectivity index (χ1n) is 8.92. The third-order valence-corrected chi connectivity index (χ3v) is 7.41. The summed E-state index contributed by atoms with van der Waals surface area (Å²) in [6.45, 7) is 3.92. The molecule has 142 valence electrons. The molecular weight excluding hydrogens is 354 g/mol. The molecule has 0 aliphatic carbocycles. The predicted molar refractivity (Wildman–Crippen MR) is 99.8 cm³/mol. The number of anilines is 1. The van der Waals surface area contributed by atoms with Crippen molar-refractivity contribution in [3.8, 4) is 0 Å². The van der Waals surface area contributed by atoms with Crippen LogP contribution in [-0.4, -0.2) is 43.4 Å². The van der Waals surface area contributed by atoms with E-state index in [0.717, 1.165) is 16.8 Å². The molecule has 1 aromatic carbocycles. The van der Waals surface area contributed by atoms with Gasteiger partial charge in [-0.25, -0.2) is 13.2 Å². The van der Waals surface area contributed by atoms with Crippen LogP contribution in [0.2, 0.25) is 0 Å². The highest BCUT2D eigenvalue weighted by Gasteiger charge is 2.51. The zero-order valence-corrected chi connectivity index (χ0v) is 15.9. The van der Waals surface area contributed by atoms with Gasteiger partial charge in [-0.05, 0) is 43.9 Å². The molecule has 2 heterocycles. The number of sulfone groups is 1. The zero-order valence-electron chi connectivity index (χ0n) is 15.0. The average molecular weight is 379 g/mol. The Morgan fingerprint density at radius 1 is 1.23 bits per heavy atom. The highest BCUT2D eigenvalue weighted by Crippen LogP contribution is 2.28. The maximum atomic E-state index is 12.3. The van der Waals surface area contributed by atoms with Crippen LogP contribution in [-0.2, 0) is 14.6 Å². The Morgan fingerprint density at radius 2 is 2.00 bits per heavy atom. The van der Waals surface area contributed by atoms with Gasteiger partial charge in [-0.1, -0.05) is 18.6 Å². The molecule has 26 heavy (non-hydrogen) atoms. The second-order valence-electron chi connectivity index (χ2n) is 7.23. The lowest BCUT2D eigenvalue weighted by atomic mass is 10.0. The SMILES string of the molecule is Cc1ccc(C)c(NC(=O)CCCC[C@@H]2[C@@H]3NC(=O)N[C@@H]3CS2(=O)=O)c1. The zero-order chi connectivity index (χ0) is 18.9. The van der Waals surface area contributed by atoms with Crippen molar-refractivity contribution < 1.29 is 18.0 Å². The van der Waals surface area contributed by atoms with Gasteiger partial charge < -0.3 is 16.0 Å². The van der Waals surface area contributed by atoms with Crippen LogP contribution in [0.4, 0.5) is 10.5 Å². The first-order chi connectivity index (χ1) is 12.3. The summed E-state index contributed by atoms with van der Waals surface area (Å²) in [4.78, 5) is 23.5. The molecule has 3 N–H and O–H groups in total. The Balaban J connectivity index is 1.47. The summed E-state index contributed by atoms with van der Waals surface area (Å²) in [7, 11) is -3.21. The molecule has 3 rings (SSSR count). The third kappa shape index (κ3) is 4.00. The van der Waals surface area contributed by atoms with E-state index in [1.54, 1.807) is 0 Å². The molecule has 7 nitrogen and oxygen atoms in total. The van der Waals surface area contributed by atoms with Gasteiger partial charge in [0.25, 0.3) is 0 Å². The van der Waals surface area contributed by atoms with Gasteiger partial charge in [-0.15, -0.1) is 0 Å². The van der Waals surface area contributed by atoms with E-state index in [4.69, 9.17) is 0 Å². The number of aryl methyl sites for hydroxylation is 2. The smallest absolute Gasteiger partial charge is 0.315 e. The Kier molecular flexibility index (Phi) is 5.22. The van der Waals surface area contributed by atoms with Crippen molar-refractivity contribution in [1.29, 1.82) is 0 Å². The van der Waals surface area contributed by atoms with E-state index >= 15 is 0 Å². The van der Waals surface area contributed by atoms with Gasteiger partial charge >= 0.3 is 6.03 Å². The van der Waals surface area contributed by atoms with Gasteiger partial charge in [0.1, 0.15) is 0 Å². The number of hydrogen-bond acceptors (Lipinski definition) is 4. The van der Waals surface area contributed by atoms with Gasteiger partial charge in [0.15, 0.2) is 9.84 Å². The normalized spacial score (nSPS) is 26.1. The molecule has 0 unspecified atom stereocenters. The topological polar surface area (TPSA) is 104 Å². The predicted octanol–water partition coefficient (Wildman–Crippen LogP) is 1.65. The fraction of sp³-hybridized carbons (Fsp3) is 0.556. The summed E-state index contributed by atoms with van der Waals surface area (Å²) in [5, 5.41) is 7.71. The highest BCUT2D eigenvalue weighted by atomic mass is 32.2. The van der Waals surface area contributed by atoms with Crippen LogP contribution in [0, 0.1) is 13.8 Å². The molecule has 0 bridgehead atoms. The maximum Gasteiger partial charge on any atom is 0.315 e. The van der Waals surface area contributed by atoms with Crippen LogP contribution >= 0.6 is 0 Å². The highest BCUT2D eigenvalue weighted by molar-refractivity contribution is 7.92. The number of amides is 3. The van der Waals surface area contributed by atoms with Crippen LogP contribution in [0.1, 0.15) is 36.8 Å². The molecule has 2 aliphatic heterocycles. The molecule has 2 fully saturated rings. The lowest BCUT2D eigenvalue weighted by molar-refractivity contribution is -0.116. The van der Waals surface area contributed by atoms with Gasteiger partial charge in [0.05, 0.1) is 23.1 Å². The van der Waals surface area contributed by atoms with Crippen LogP contribution in [0.25, 0.3) is 0 Å². The van der Waals surface area contributed by atoms with E-state index < -0.39 is 15.1 Å². The molecule has 0 radical (unpaired) electrons. The van der Waals surface area contributed by atoms with E-state index in [-0.39, 0.29) is 29.8 Å². The molecule has 3 amide bonds. The van der Waals surface area contributed by atoms with E-state index in [0.29, 0.717) is 25.7 Å². The first kappa shape index (κ1) is 18.7. The monoisotopic (exact) mass is 379 g/mol. The second kappa shape index (κ2) is 7.26. The van der Waals surface area contributed by atoms with Crippen LogP contribution < -0.4 is 16.0 Å². The van der Waals surface area contributed by atoms with E-state index in [9.17, 15) is 18.0 Å². The number of urea groups is 1. The molecule has 2 aliphatic rings. The minimum absolute atomic E-state index is 0.00576. The Hall–Kier alpha value is -2.09. The van der Waals surface area contributed by atoms with Crippen molar-refractivity contribution in [2.24, 2.45) is 0 Å². The summed E-state index contributed by atoms with van der Waals surface area (Å²) in [6, 6.07) is 4.93. The molecular formula is C18H25N3O4S. The van der Waals surface area contributed by atoms with Crippen molar-refractivity contribution >= 4 is 27.5 Å². The Morgan fingerprint density at radius 3 is 2.77 bits per heavy atom. The first-order valence-corrected chi connectivity index (χ1v) is 10.6. The number of unbranched alkanes of at least 4 members (excludes halogenated alkanes) is 1. The quantitative estimate of drug-likeness (QED) is 0.516. The van der Waals surface area contributed by atoms with E-state index in [2.05, 4.69) is 16.0 Å².